The molecule has 0 bridgehead atoms. The molecule has 0 aliphatic rings. The van der Waals surface area contributed by atoms with Crippen LogP contribution in [-0.2, 0) is 9.84 Å². The first-order valence-electron chi connectivity index (χ1n) is 6.40. The summed E-state index contributed by atoms with van der Waals surface area (Å²) >= 11 is 5.90. The van der Waals surface area contributed by atoms with E-state index in [2.05, 4.69) is 9.97 Å². The van der Waals surface area contributed by atoms with E-state index >= 15 is 0 Å². The number of rotatable bonds is 3. The Morgan fingerprint density at radius 1 is 1.05 bits per heavy atom. The molecular formula is C15H12ClN3O2S. The fraction of sp³-hybridized carbons (Fsp3) is 0.0667. The minimum absolute atomic E-state index is 0.0457. The summed E-state index contributed by atoms with van der Waals surface area (Å²) in [6.07, 6.45) is 6.03. The van der Waals surface area contributed by atoms with Crippen molar-refractivity contribution in [2.45, 2.75) is 5.03 Å². The predicted octanol–water partition coefficient (Wildman–Crippen LogP) is 2.99. The summed E-state index contributed by atoms with van der Waals surface area (Å²) in [4.78, 5) is 8.15. The molecule has 5 nitrogen and oxygen atoms in total. The van der Waals surface area contributed by atoms with Gasteiger partial charge in [-0.1, -0.05) is 23.7 Å². The van der Waals surface area contributed by atoms with E-state index in [-0.39, 0.29) is 5.03 Å². The summed E-state index contributed by atoms with van der Waals surface area (Å²) in [5.74, 6) is 0. The van der Waals surface area contributed by atoms with Crippen molar-refractivity contribution in [1.82, 2.24) is 14.5 Å². The van der Waals surface area contributed by atoms with Crippen LogP contribution in [0.25, 0.3) is 16.9 Å². The van der Waals surface area contributed by atoms with E-state index in [4.69, 9.17) is 11.6 Å². The zero-order valence-corrected chi connectivity index (χ0v) is 13.2. The number of pyridine rings is 1. The van der Waals surface area contributed by atoms with Crippen LogP contribution in [0.3, 0.4) is 0 Å². The van der Waals surface area contributed by atoms with Crippen LogP contribution in [0.1, 0.15) is 0 Å². The van der Waals surface area contributed by atoms with Crippen molar-refractivity contribution in [3.63, 3.8) is 0 Å². The third-order valence-corrected chi connectivity index (χ3v) is 4.41. The molecule has 0 unspecified atom stereocenters. The van der Waals surface area contributed by atoms with Gasteiger partial charge in [-0.05, 0) is 24.3 Å². The quantitative estimate of drug-likeness (QED) is 0.739. The van der Waals surface area contributed by atoms with Crippen molar-refractivity contribution in [2.75, 3.05) is 6.26 Å². The maximum absolute atomic E-state index is 11.5. The molecule has 0 spiro atoms. The van der Waals surface area contributed by atoms with Crippen molar-refractivity contribution >= 4 is 21.4 Å². The van der Waals surface area contributed by atoms with Crippen LogP contribution in [-0.4, -0.2) is 29.2 Å². The smallest absolute Gasteiger partial charge is 0.192 e. The monoisotopic (exact) mass is 333 g/mol. The van der Waals surface area contributed by atoms with Gasteiger partial charge in [0, 0.05) is 16.8 Å². The number of aromatic nitrogens is 3. The Hall–Kier alpha value is -2.18. The number of nitrogens with zero attached hydrogens (tertiary/aromatic N) is 3. The molecule has 0 saturated carbocycles. The summed E-state index contributed by atoms with van der Waals surface area (Å²) in [6, 6.07) is 10.6. The molecule has 0 aliphatic carbocycles. The lowest BCUT2D eigenvalue weighted by molar-refractivity contribution is 0.598. The highest BCUT2D eigenvalue weighted by Gasteiger charge is 2.11. The molecule has 0 fully saturated rings. The molecule has 2 aromatic heterocycles. The number of hydrogen-bond acceptors (Lipinski definition) is 4. The maximum atomic E-state index is 11.5. The minimum atomic E-state index is -3.31. The number of benzene rings is 1. The number of imidazole rings is 1. The average molecular weight is 334 g/mol. The average Bonchev–Trinajstić information content (AvgIpc) is 2.97. The third kappa shape index (κ3) is 2.88. The first kappa shape index (κ1) is 14.7. The fourth-order valence-electron chi connectivity index (χ4n) is 2.07. The molecular weight excluding hydrogens is 322 g/mol. The zero-order valence-electron chi connectivity index (χ0n) is 11.6. The molecule has 7 heteroatoms. The Kier molecular flexibility index (Phi) is 3.72. The summed E-state index contributed by atoms with van der Waals surface area (Å²) in [5.41, 5.74) is 2.55. The van der Waals surface area contributed by atoms with Crippen LogP contribution in [0.2, 0.25) is 5.02 Å². The Morgan fingerprint density at radius 2 is 1.77 bits per heavy atom. The lowest BCUT2D eigenvalue weighted by atomic mass is 10.1. The molecule has 3 aromatic rings. The molecule has 2 heterocycles. The first-order chi connectivity index (χ1) is 10.4. The highest BCUT2D eigenvalue weighted by Crippen LogP contribution is 2.24. The topological polar surface area (TPSA) is 64.8 Å². The van der Waals surface area contributed by atoms with E-state index in [1.807, 2.05) is 16.7 Å². The van der Waals surface area contributed by atoms with Crippen molar-refractivity contribution in [3.8, 4) is 16.9 Å². The summed E-state index contributed by atoms with van der Waals surface area (Å²) in [6.45, 7) is 0. The van der Waals surface area contributed by atoms with Crippen LogP contribution in [0, 0.1) is 0 Å². The number of sulfone groups is 1. The van der Waals surface area contributed by atoms with Crippen LogP contribution in [0.5, 0.6) is 0 Å². The van der Waals surface area contributed by atoms with Crippen molar-refractivity contribution in [1.29, 1.82) is 0 Å². The van der Waals surface area contributed by atoms with Gasteiger partial charge in [-0.25, -0.2) is 18.4 Å². The summed E-state index contributed by atoms with van der Waals surface area (Å²) in [5, 5.41) is 0.707. The van der Waals surface area contributed by atoms with Crippen molar-refractivity contribution in [3.05, 3.63) is 60.1 Å². The van der Waals surface area contributed by atoms with Gasteiger partial charge in [0.1, 0.15) is 0 Å². The van der Waals surface area contributed by atoms with Gasteiger partial charge in [-0.15, -0.1) is 0 Å². The Bertz CT molecular complexity index is 901. The van der Waals surface area contributed by atoms with Gasteiger partial charge in [0.2, 0.25) is 0 Å². The predicted molar refractivity (Wildman–Crippen MR) is 84.9 cm³/mol. The van der Waals surface area contributed by atoms with Gasteiger partial charge < -0.3 is 0 Å². The molecule has 0 atom stereocenters. The molecule has 22 heavy (non-hydrogen) atoms. The van der Waals surface area contributed by atoms with Gasteiger partial charge in [-0.3, -0.25) is 4.57 Å². The molecule has 0 amide bonds. The normalized spacial score (nSPS) is 11.5. The van der Waals surface area contributed by atoms with Gasteiger partial charge in [0.05, 0.1) is 30.1 Å². The van der Waals surface area contributed by atoms with E-state index in [0.29, 0.717) is 5.02 Å². The number of hydrogen-bond donors (Lipinski definition) is 0. The zero-order chi connectivity index (χ0) is 15.7. The van der Waals surface area contributed by atoms with Gasteiger partial charge in [0.25, 0.3) is 0 Å². The molecule has 1 aromatic carbocycles. The van der Waals surface area contributed by atoms with Crippen LogP contribution in [0.15, 0.2) is 60.1 Å². The minimum Gasteiger partial charge on any atom is -0.297 e. The second-order valence-electron chi connectivity index (χ2n) is 4.78. The summed E-state index contributed by atoms with van der Waals surface area (Å²) < 4.78 is 24.7. The Labute approximate surface area is 133 Å². The van der Waals surface area contributed by atoms with Gasteiger partial charge >= 0.3 is 0 Å². The van der Waals surface area contributed by atoms with Crippen LogP contribution >= 0.6 is 11.6 Å². The second-order valence-corrected chi connectivity index (χ2v) is 7.18. The van der Waals surface area contributed by atoms with E-state index in [0.717, 1.165) is 23.2 Å². The molecule has 0 saturated heterocycles. The summed E-state index contributed by atoms with van der Waals surface area (Å²) in [7, 11) is -3.31. The second kappa shape index (κ2) is 5.55. The van der Waals surface area contributed by atoms with E-state index in [1.165, 1.54) is 12.3 Å². The van der Waals surface area contributed by atoms with E-state index in [1.54, 1.807) is 30.7 Å². The molecule has 0 N–H and O–H groups in total. The van der Waals surface area contributed by atoms with E-state index in [9.17, 15) is 8.42 Å². The molecule has 112 valence electrons. The molecule has 0 radical (unpaired) electrons. The fourth-order valence-corrected chi connectivity index (χ4v) is 2.75. The molecule has 3 rings (SSSR count). The third-order valence-electron chi connectivity index (χ3n) is 3.16. The van der Waals surface area contributed by atoms with Crippen LogP contribution in [0.4, 0.5) is 0 Å². The maximum Gasteiger partial charge on any atom is 0.192 e. The lowest BCUT2D eigenvalue weighted by Crippen LogP contribution is -2.02. The number of halogens is 1. The largest absolute Gasteiger partial charge is 0.297 e. The molecule has 0 aliphatic heterocycles. The Morgan fingerprint density at radius 3 is 2.36 bits per heavy atom. The van der Waals surface area contributed by atoms with Crippen LogP contribution < -0.4 is 0 Å². The van der Waals surface area contributed by atoms with Gasteiger partial charge in [-0.2, -0.15) is 0 Å². The highest BCUT2D eigenvalue weighted by molar-refractivity contribution is 7.90. The van der Waals surface area contributed by atoms with Crippen molar-refractivity contribution < 1.29 is 8.42 Å². The SMILES string of the molecule is CS(=O)(=O)c1ccc(-n2cncc2-c2ccc(Cl)cc2)cn1. The van der Waals surface area contributed by atoms with Crippen molar-refractivity contribution in [2.24, 2.45) is 0 Å². The van der Waals surface area contributed by atoms with Gasteiger partial charge in [0.15, 0.2) is 14.9 Å². The Balaban J connectivity index is 2.03. The lowest BCUT2D eigenvalue weighted by Gasteiger charge is -2.08. The van der Waals surface area contributed by atoms with E-state index < -0.39 is 9.84 Å². The first-order valence-corrected chi connectivity index (χ1v) is 8.67. The highest BCUT2D eigenvalue weighted by atomic mass is 35.5. The standard InChI is InChI=1S/C15H12ClN3O2S/c1-22(20,21)15-7-6-13(8-18-15)19-10-17-9-14(19)11-2-4-12(16)5-3-11/h2-10H,1H3.